The first-order valence-electron chi connectivity index (χ1n) is 9.46. The van der Waals surface area contributed by atoms with Gasteiger partial charge in [-0.2, -0.15) is 5.26 Å². The minimum atomic E-state index is -0.577. The second-order valence-electron chi connectivity index (χ2n) is 7.14. The standard InChI is InChI=1S/C24H17N3O3S/c1-14-3-9-20(15(2)11-14)27-23(29)19(22(28)26-24(27)31)12-18-8-10-21(30-18)17-6-4-16(13-25)5-7-17/h3-12H,1-2H3,(H,26,28,31)/b19-12+. The number of anilines is 1. The lowest BCUT2D eigenvalue weighted by atomic mass is 10.1. The van der Waals surface area contributed by atoms with Crippen LogP contribution >= 0.6 is 12.2 Å². The Morgan fingerprint density at radius 2 is 1.81 bits per heavy atom. The van der Waals surface area contributed by atoms with Crippen molar-refractivity contribution in [1.29, 1.82) is 5.26 Å². The van der Waals surface area contributed by atoms with Gasteiger partial charge in [0.05, 0.1) is 17.3 Å². The Hall–Kier alpha value is -4.02. The first-order chi connectivity index (χ1) is 14.9. The Morgan fingerprint density at radius 1 is 1.06 bits per heavy atom. The highest BCUT2D eigenvalue weighted by Crippen LogP contribution is 2.28. The molecule has 6 nitrogen and oxygen atoms in total. The Kier molecular flexibility index (Phi) is 5.24. The van der Waals surface area contributed by atoms with Crippen LogP contribution in [0.25, 0.3) is 17.4 Å². The van der Waals surface area contributed by atoms with Crippen LogP contribution < -0.4 is 10.2 Å². The van der Waals surface area contributed by atoms with Crippen LogP contribution in [0.4, 0.5) is 5.69 Å². The fraction of sp³-hybridized carbons (Fsp3) is 0.0833. The smallest absolute Gasteiger partial charge is 0.270 e. The fourth-order valence-electron chi connectivity index (χ4n) is 3.37. The van der Waals surface area contributed by atoms with Crippen LogP contribution in [0, 0.1) is 25.2 Å². The number of aryl methyl sites for hydroxylation is 2. The molecule has 2 aromatic carbocycles. The minimum absolute atomic E-state index is 0.0387. The van der Waals surface area contributed by atoms with E-state index in [1.807, 2.05) is 26.0 Å². The van der Waals surface area contributed by atoms with Crippen LogP contribution in [-0.2, 0) is 9.59 Å². The fourth-order valence-corrected chi connectivity index (χ4v) is 3.64. The zero-order valence-corrected chi connectivity index (χ0v) is 17.6. The molecule has 3 aromatic rings. The van der Waals surface area contributed by atoms with Gasteiger partial charge in [-0.05, 0) is 80.2 Å². The molecule has 1 fully saturated rings. The summed E-state index contributed by atoms with van der Waals surface area (Å²) in [5.74, 6) is -0.183. The number of rotatable bonds is 3. The molecule has 1 aliphatic rings. The highest BCUT2D eigenvalue weighted by molar-refractivity contribution is 7.80. The summed E-state index contributed by atoms with van der Waals surface area (Å²) in [4.78, 5) is 27.0. The molecule has 0 atom stereocenters. The number of carbonyl (C=O) groups excluding carboxylic acids is 2. The van der Waals surface area contributed by atoms with Gasteiger partial charge >= 0.3 is 0 Å². The lowest BCUT2D eigenvalue weighted by Crippen LogP contribution is -2.54. The molecule has 4 rings (SSSR count). The maximum atomic E-state index is 13.2. The van der Waals surface area contributed by atoms with Crippen molar-refractivity contribution < 1.29 is 14.0 Å². The summed E-state index contributed by atoms with van der Waals surface area (Å²) in [6.07, 6.45) is 1.41. The first kappa shape index (κ1) is 20.3. The quantitative estimate of drug-likeness (QED) is 0.383. The molecular weight excluding hydrogens is 410 g/mol. The van der Waals surface area contributed by atoms with Gasteiger partial charge in [0.15, 0.2) is 5.11 Å². The van der Waals surface area contributed by atoms with E-state index in [1.54, 1.807) is 42.5 Å². The Balaban J connectivity index is 1.67. The third kappa shape index (κ3) is 3.89. The van der Waals surface area contributed by atoms with Crippen molar-refractivity contribution >= 4 is 40.9 Å². The topological polar surface area (TPSA) is 86.3 Å². The predicted molar refractivity (Wildman–Crippen MR) is 121 cm³/mol. The summed E-state index contributed by atoms with van der Waals surface area (Å²) < 4.78 is 5.81. The molecule has 0 radical (unpaired) electrons. The summed E-state index contributed by atoms with van der Waals surface area (Å²) in [5, 5.41) is 11.5. The van der Waals surface area contributed by atoms with E-state index in [4.69, 9.17) is 21.9 Å². The molecule has 7 heteroatoms. The molecule has 1 aliphatic heterocycles. The van der Waals surface area contributed by atoms with E-state index in [9.17, 15) is 9.59 Å². The molecule has 1 saturated heterocycles. The number of hydrogen-bond donors (Lipinski definition) is 1. The van der Waals surface area contributed by atoms with Crippen molar-refractivity contribution in [2.45, 2.75) is 13.8 Å². The largest absolute Gasteiger partial charge is 0.457 e. The Bertz CT molecular complexity index is 1300. The third-order valence-electron chi connectivity index (χ3n) is 4.91. The molecule has 152 valence electrons. The van der Waals surface area contributed by atoms with E-state index < -0.39 is 11.8 Å². The van der Waals surface area contributed by atoms with Crippen molar-refractivity contribution in [2.24, 2.45) is 0 Å². The molecule has 2 heterocycles. The lowest BCUT2D eigenvalue weighted by Gasteiger charge is -2.30. The van der Waals surface area contributed by atoms with E-state index in [-0.39, 0.29) is 10.7 Å². The van der Waals surface area contributed by atoms with Gasteiger partial charge in [0.25, 0.3) is 11.8 Å². The average molecular weight is 427 g/mol. The SMILES string of the molecule is Cc1ccc(N2C(=O)/C(=C/c3ccc(-c4ccc(C#N)cc4)o3)C(=O)NC2=S)c(C)c1. The predicted octanol–water partition coefficient (Wildman–Crippen LogP) is 4.27. The number of carbonyl (C=O) groups is 2. The number of amides is 2. The Labute approximate surface area is 184 Å². The number of benzene rings is 2. The summed E-state index contributed by atoms with van der Waals surface area (Å²) >= 11 is 5.26. The molecule has 31 heavy (non-hydrogen) atoms. The maximum absolute atomic E-state index is 13.2. The highest BCUT2D eigenvalue weighted by atomic mass is 32.1. The van der Waals surface area contributed by atoms with Crippen molar-refractivity contribution in [3.05, 3.63) is 82.6 Å². The number of nitrogens with one attached hydrogen (secondary N) is 1. The second kappa shape index (κ2) is 8.01. The van der Waals surface area contributed by atoms with E-state index in [1.165, 1.54) is 11.0 Å². The van der Waals surface area contributed by atoms with E-state index >= 15 is 0 Å². The molecule has 0 saturated carbocycles. The normalized spacial score (nSPS) is 15.2. The van der Waals surface area contributed by atoms with E-state index in [0.717, 1.165) is 16.7 Å². The molecule has 0 unspecified atom stereocenters. The van der Waals surface area contributed by atoms with Crippen LogP contribution in [-0.4, -0.2) is 16.9 Å². The number of nitriles is 1. The van der Waals surface area contributed by atoms with Gasteiger partial charge < -0.3 is 4.42 Å². The highest BCUT2D eigenvalue weighted by Gasteiger charge is 2.35. The van der Waals surface area contributed by atoms with Crippen LogP contribution in [0.5, 0.6) is 0 Å². The summed E-state index contributed by atoms with van der Waals surface area (Å²) in [6.45, 7) is 3.84. The van der Waals surface area contributed by atoms with Gasteiger partial charge in [-0.1, -0.05) is 17.7 Å². The molecule has 0 spiro atoms. The van der Waals surface area contributed by atoms with Crippen molar-refractivity contribution in [1.82, 2.24) is 5.32 Å². The number of thiocarbonyl (C=S) groups is 1. The molecule has 2 amide bonds. The number of nitrogens with zero attached hydrogens (tertiary/aromatic N) is 2. The molecule has 0 aliphatic carbocycles. The van der Waals surface area contributed by atoms with Gasteiger partial charge in [0.2, 0.25) is 0 Å². The van der Waals surface area contributed by atoms with Crippen LogP contribution in [0.2, 0.25) is 0 Å². The molecular formula is C24H17N3O3S. The summed E-state index contributed by atoms with van der Waals surface area (Å²) in [7, 11) is 0. The van der Waals surface area contributed by atoms with Crippen LogP contribution in [0.15, 0.2) is 64.6 Å². The van der Waals surface area contributed by atoms with Crippen LogP contribution in [0.1, 0.15) is 22.5 Å². The van der Waals surface area contributed by atoms with E-state index in [2.05, 4.69) is 11.4 Å². The van der Waals surface area contributed by atoms with Crippen LogP contribution in [0.3, 0.4) is 0 Å². The van der Waals surface area contributed by atoms with Crippen molar-refractivity contribution in [2.75, 3.05) is 4.90 Å². The van der Waals surface area contributed by atoms with Crippen molar-refractivity contribution in [3.8, 4) is 17.4 Å². The summed E-state index contributed by atoms with van der Waals surface area (Å²) in [6, 6.07) is 18.0. The number of hydrogen-bond acceptors (Lipinski definition) is 5. The lowest BCUT2D eigenvalue weighted by molar-refractivity contribution is -0.122. The van der Waals surface area contributed by atoms with Gasteiger partial charge in [-0.3, -0.25) is 19.8 Å². The monoisotopic (exact) mass is 427 g/mol. The van der Waals surface area contributed by atoms with Crippen molar-refractivity contribution in [3.63, 3.8) is 0 Å². The van der Waals surface area contributed by atoms with E-state index in [0.29, 0.717) is 22.8 Å². The molecule has 1 N–H and O–H groups in total. The minimum Gasteiger partial charge on any atom is -0.457 e. The second-order valence-corrected chi connectivity index (χ2v) is 7.53. The number of furan rings is 1. The summed E-state index contributed by atoms with van der Waals surface area (Å²) in [5.41, 5.74) is 3.79. The molecule has 0 bridgehead atoms. The molecule has 1 aromatic heterocycles. The average Bonchev–Trinajstić information content (AvgIpc) is 3.21. The van der Waals surface area contributed by atoms with Gasteiger partial charge in [0.1, 0.15) is 17.1 Å². The zero-order chi connectivity index (χ0) is 22.1. The maximum Gasteiger partial charge on any atom is 0.270 e. The van der Waals surface area contributed by atoms with Gasteiger partial charge in [-0.15, -0.1) is 0 Å². The zero-order valence-electron chi connectivity index (χ0n) is 16.8. The third-order valence-corrected chi connectivity index (χ3v) is 5.19. The Morgan fingerprint density at radius 3 is 2.48 bits per heavy atom. The van der Waals surface area contributed by atoms with Gasteiger partial charge in [-0.25, -0.2) is 0 Å². The van der Waals surface area contributed by atoms with Gasteiger partial charge in [0, 0.05) is 5.56 Å². The first-order valence-corrected chi connectivity index (χ1v) is 9.87.